The minimum Gasteiger partial charge on any atom is -0.497 e. The van der Waals surface area contributed by atoms with Crippen molar-refractivity contribution in [2.45, 2.75) is 17.2 Å². The van der Waals surface area contributed by atoms with Crippen LogP contribution in [-0.2, 0) is 16.1 Å². The van der Waals surface area contributed by atoms with Gasteiger partial charge in [-0.1, -0.05) is 24.3 Å². The van der Waals surface area contributed by atoms with Gasteiger partial charge in [-0.2, -0.15) is 0 Å². The van der Waals surface area contributed by atoms with Gasteiger partial charge in [0.05, 0.1) is 19.8 Å². The van der Waals surface area contributed by atoms with Crippen molar-refractivity contribution in [1.29, 1.82) is 0 Å². The summed E-state index contributed by atoms with van der Waals surface area (Å²) in [6.07, 6.45) is 0. The van der Waals surface area contributed by atoms with Crippen LogP contribution in [0.3, 0.4) is 0 Å². The molecule has 3 rings (SSSR count). The standard InChI is InChI=1S/C19H17BrFNO4/c1-25-15-9-3-12(4-10-15)11-22-16(19(20,21)18(22)24)13-5-7-14(8-6-13)17(23)26-2/h3-10,16H,11H2,1-2H3/t16-,19-/m0/s1. The van der Waals surface area contributed by atoms with E-state index in [1.807, 2.05) is 12.1 Å². The first kappa shape index (κ1) is 18.4. The molecule has 2 aromatic carbocycles. The van der Waals surface area contributed by atoms with E-state index < -0.39 is 22.5 Å². The molecule has 0 N–H and O–H groups in total. The van der Waals surface area contributed by atoms with Crippen LogP contribution in [0.2, 0.25) is 0 Å². The molecule has 136 valence electrons. The molecule has 0 aliphatic carbocycles. The number of halogens is 2. The number of hydrogen-bond acceptors (Lipinski definition) is 4. The molecule has 2 aromatic rings. The van der Waals surface area contributed by atoms with Gasteiger partial charge >= 0.3 is 5.97 Å². The average Bonchev–Trinajstić information content (AvgIpc) is 2.67. The van der Waals surface area contributed by atoms with Gasteiger partial charge < -0.3 is 14.4 Å². The number of ether oxygens (including phenoxy) is 2. The average molecular weight is 422 g/mol. The molecule has 1 amide bonds. The zero-order chi connectivity index (χ0) is 18.9. The van der Waals surface area contributed by atoms with E-state index in [9.17, 15) is 14.0 Å². The van der Waals surface area contributed by atoms with Crippen molar-refractivity contribution in [2.24, 2.45) is 0 Å². The SMILES string of the molecule is COC(=O)c1ccc([C@@H]2N(Cc3ccc(OC)cc3)C(=O)[C@]2(F)Br)cc1. The minimum atomic E-state index is -2.16. The van der Waals surface area contributed by atoms with Crippen LogP contribution in [0, 0.1) is 0 Å². The second-order valence-electron chi connectivity index (χ2n) is 5.92. The molecule has 0 radical (unpaired) electrons. The number of alkyl halides is 2. The molecular formula is C19H17BrFNO4. The van der Waals surface area contributed by atoms with Crippen LogP contribution in [0.1, 0.15) is 27.5 Å². The summed E-state index contributed by atoms with van der Waals surface area (Å²) < 4.78 is 22.4. The number of amides is 1. The zero-order valence-electron chi connectivity index (χ0n) is 14.2. The lowest BCUT2D eigenvalue weighted by molar-refractivity contribution is -0.164. The molecule has 7 heteroatoms. The number of methoxy groups -OCH3 is 2. The van der Waals surface area contributed by atoms with Gasteiger partial charge in [-0.15, -0.1) is 0 Å². The smallest absolute Gasteiger partial charge is 0.337 e. The molecule has 1 aliphatic heterocycles. The molecule has 0 bridgehead atoms. The number of carbonyl (C=O) groups is 2. The van der Waals surface area contributed by atoms with Gasteiger partial charge in [0.25, 0.3) is 10.5 Å². The number of likely N-dealkylation sites (tertiary alicyclic amines) is 1. The van der Waals surface area contributed by atoms with Crippen molar-refractivity contribution < 1.29 is 23.5 Å². The summed E-state index contributed by atoms with van der Waals surface area (Å²) in [7, 11) is 2.87. The number of hydrogen-bond donors (Lipinski definition) is 0. The van der Waals surface area contributed by atoms with Crippen LogP contribution in [0.25, 0.3) is 0 Å². The van der Waals surface area contributed by atoms with Crippen LogP contribution in [0.5, 0.6) is 5.75 Å². The zero-order valence-corrected chi connectivity index (χ0v) is 15.8. The molecule has 1 heterocycles. The lowest BCUT2D eigenvalue weighted by Crippen LogP contribution is -2.62. The Bertz CT molecular complexity index is 820. The molecule has 2 atom stereocenters. The monoisotopic (exact) mass is 421 g/mol. The molecule has 0 aromatic heterocycles. The summed E-state index contributed by atoms with van der Waals surface area (Å²) in [6.45, 7) is 0.267. The Balaban J connectivity index is 1.83. The van der Waals surface area contributed by atoms with Gasteiger partial charge in [0.15, 0.2) is 0 Å². The number of carbonyl (C=O) groups excluding carboxylic acids is 2. The van der Waals surface area contributed by atoms with Gasteiger partial charge in [-0.3, -0.25) is 4.79 Å². The van der Waals surface area contributed by atoms with Crippen molar-refractivity contribution in [3.8, 4) is 5.75 Å². The Labute approximate surface area is 158 Å². The van der Waals surface area contributed by atoms with Crippen molar-refractivity contribution in [3.05, 3.63) is 65.2 Å². The number of rotatable bonds is 5. The lowest BCUT2D eigenvalue weighted by Gasteiger charge is -2.48. The topological polar surface area (TPSA) is 55.8 Å². The van der Waals surface area contributed by atoms with Gasteiger partial charge in [0.2, 0.25) is 0 Å². The predicted molar refractivity (Wildman–Crippen MR) is 96.8 cm³/mol. The van der Waals surface area contributed by atoms with Crippen LogP contribution in [0.4, 0.5) is 4.39 Å². The summed E-state index contributed by atoms with van der Waals surface area (Å²) in [5, 5.41) is 0. The van der Waals surface area contributed by atoms with Crippen LogP contribution < -0.4 is 4.74 Å². The summed E-state index contributed by atoms with van der Waals surface area (Å²) >= 11 is 2.90. The number of nitrogens with zero attached hydrogens (tertiary/aromatic N) is 1. The third-order valence-electron chi connectivity index (χ3n) is 4.36. The molecular weight excluding hydrogens is 405 g/mol. The summed E-state index contributed by atoms with van der Waals surface area (Å²) in [5.74, 6) is -0.393. The Hall–Kier alpha value is -2.41. The van der Waals surface area contributed by atoms with Crippen molar-refractivity contribution in [3.63, 3.8) is 0 Å². The highest BCUT2D eigenvalue weighted by Crippen LogP contribution is 2.51. The quantitative estimate of drug-likeness (QED) is 0.420. The number of benzene rings is 2. The third kappa shape index (κ3) is 3.19. The van der Waals surface area contributed by atoms with Crippen molar-refractivity contribution in [2.75, 3.05) is 14.2 Å². The lowest BCUT2D eigenvalue weighted by atomic mass is 9.90. The van der Waals surface area contributed by atoms with Crippen molar-refractivity contribution >= 4 is 27.8 Å². The Morgan fingerprint density at radius 3 is 2.31 bits per heavy atom. The van der Waals surface area contributed by atoms with Gasteiger partial charge in [-0.25, -0.2) is 9.18 Å². The van der Waals surface area contributed by atoms with Crippen molar-refractivity contribution in [1.82, 2.24) is 4.90 Å². The normalized spacial score (nSPS) is 21.9. The first-order valence-corrected chi connectivity index (χ1v) is 8.68. The molecule has 0 unspecified atom stereocenters. The van der Waals surface area contributed by atoms with E-state index in [0.717, 1.165) is 5.56 Å². The summed E-state index contributed by atoms with van der Waals surface area (Å²) in [4.78, 5) is 25.2. The van der Waals surface area contributed by atoms with E-state index in [0.29, 0.717) is 16.9 Å². The van der Waals surface area contributed by atoms with E-state index >= 15 is 0 Å². The number of β-lactam (4-membered cyclic amide) rings is 1. The van der Waals surface area contributed by atoms with E-state index in [1.54, 1.807) is 43.5 Å². The second-order valence-corrected chi connectivity index (χ2v) is 7.07. The predicted octanol–water partition coefficient (Wildman–Crippen LogP) is 3.63. The van der Waals surface area contributed by atoms with Crippen LogP contribution >= 0.6 is 15.9 Å². The minimum absolute atomic E-state index is 0.267. The van der Waals surface area contributed by atoms with Crippen LogP contribution in [0.15, 0.2) is 48.5 Å². The fraction of sp³-hybridized carbons (Fsp3) is 0.263. The van der Waals surface area contributed by atoms with E-state index in [4.69, 9.17) is 4.74 Å². The highest BCUT2D eigenvalue weighted by atomic mass is 79.9. The third-order valence-corrected chi connectivity index (χ3v) is 5.13. The Kier molecular flexibility index (Phi) is 5.00. The first-order chi connectivity index (χ1) is 12.4. The Morgan fingerprint density at radius 2 is 1.77 bits per heavy atom. The second kappa shape index (κ2) is 7.07. The van der Waals surface area contributed by atoms with Crippen LogP contribution in [-0.4, -0.2) is 35.6 Å². The van der Waals surface area contributed by atoms with E-state index in [-0.39, 0.29) is 6.54 Å². The summed E-state index contributed by atoms with van der Waals surface area (Å²) in [6, 6.07) is 12.8. The first-order valence-electron chi connectivity index (χ1n) is 7.88. The van der Waals surface area contributed by atoms with E-state index in [1.165, 1.54) is 12.0 Å². The maximum Gasteiger partial charge on any atom is 0.337 e. The molecule has 1 aliphatic rings. The fourth-order valence-corrected chi connectivity index (χ4v) is 3.69. The van der Waals surface area contributed by atoms with E-state index in [2.05, 4.69) is 20.7 Å². The molecule has 1 fully saturated rings. The highest BCUT2D eigenvalue weighted by Gasteiger charge is 2.61. The maximum absolute atomic E-state index is 14.8. The fourth-order valence-electron chi connectivity index (χ4n) is 2.95. The van der Waals surface area contributed by atoms with Gasteiger partial charge in [0, 0.05) is 6.54 Å². The Morgan fingerprint density at radius 1 is 1.15 bits per heavy atom. The molecule has 26 heavy (non-hydrogen) atoms. The van der Waals surface area contributed by atoms with Gasteiger partial charge in [-0.05, 0) is 51.3 Å². The molecule has 5 nitrogen and oxygen atoms in total. The largest absolute Gasteiger partial charge is 0.497 e. The molecule has 1 saturated heterocycles. The maximum atomic E-state index is 14.8. The number of esters is 1. The molecule has 0 spiro atoms. The summed E-state index contributed by atoms with van der Waals surface area (Å²) in [5.41, 5.74) is 1.81. The highest BCUT2D eigenvalue weighted by molar-refractivity contribution is 9.10. The molecule has 0 saturated carbocycles. The van der Waals surface area contributed by atoms with Gasteiger partial charge in [0.1, 0.15) is 11.8 Å².